The van der Waals surface area contributed by atoms with Crippen LogP contribution >= 0.6 is 0 Å². The summed E-state index contributed by atoms with van der Waals surface area (Å²) in [5.74, 6) is 0.676. The highest BCUT2D eigenvalue weighted by molar-refractivity contribution is 5.55. The van der Waals surface area contributed by atoms with Gasteiger partial charge in [-0.05, 0) is 18.9 Å². The molecule has 0 unspecified atom stereocenters. The first-order valence-electron chi connectivity index (χ1n) is 5.81. The molecule has 0 bridgehead atoms. The van der Waals surface area contributed by atoms with Gasteiger partial charge in [0.05, 0.1) is 30.8 Å². The predicted molar refractivity (Wildman–Crippen MR) is 69.4 cm³/mol. The third kappa shape index (κ3) is 3.55. The lowest BCUT2D eigenvalue weighted by molar-refractivity contribution is -0.385. The summed E-state index contributed by atoms with van der Waals surface area (Å²) in [5.41, 5.74) is 6.19. The summed E-state index contributed by atoms with van der Waals surface area (Å²) in [5, 5.41) is 19.9. The average Bonchev–Trinajstić information content (AvgIpc) is 2.42. The summed E-state index contributed by atoms with van der Waals surface area (Å²) in [7, 11) is 2.86. The van der Waals surface area contributed by atoms with Gasteiger partial charge >= 0.3 is 0 Å². The molecule has 1 atom stereocenters. The van der Waals surface area contributed by atoms with E-state index in [1.165, 1.54) is 26.4 Å². The van der Waals surface area contributed by atoms with Crippen molar-refractivity contribution in [3.8, 4) is 11.5 Å². The molecular weight excluding hydrogens is 252 g/mol. The molecule has 1 rings (SSSR count). The quantitative estimate of drug-likeness (QED) is 0.572. The largest absolute Gasteiger partial charge is 0.493 e. The van der Waals surface area contributed by atoms with E-state index in [4.69, 9.17) is 20.3 Å². The van der Waals surface area contributed by atoms with Gasteiger partial charge in [0.15, 0.2) is 11.5 Å². The molecule has 0 radical (unpaired) electrons. The van der Waals surface area contributed by atoms with Crippen molar-refractivity contribution in [2.75, 3.05) is 20.8 Å². The van der Waals surface area contributed by atoms with Crippen molar-refractivity contribution in [2.45, 2.75) is 18.9 Å². The molecule has 19 heavy (non-hydrogen) atoms. The van der Waals surface area contributed by atoms with Crippen molar-refractivity contribution in [1.82, 2.24) is 0 Å². The van der Waals surface area contributed by atoms with E-state index in [1.54, 1.807) is 0 Å². The van der Waals surface area contributed by atoms with Crippen LogP contribution in [0.25, 0.3) is 0 Å². The van der Waals surface area contributed by atoms with E-state index < -0.39 is 11.0 Å². The van der Waals surface area contributed by atoms with E-state index >= 15 is 0 Å². The lowest BCUT2D eigenvalue weighted by Gasteiger charge is -2.15. The highest BCUT2D eigenvalue weighted by Crippen LogP contribution is 2.37. The molecule has 0 aliphatic carbocycles. The summed E-state index contributed by atoms with van der Waals surface area (Å²) in [6, 6.07) is 2.28. The summed E-state index contributed by atoms with van der Waals surface area (Å²) in [6.45, 7) is -0.00517. The highest BCUT2D eigenvalue weighted by atomic mass is 16.6. The number of rotatable bonds is 7. The van der Waals surface area contributed by atoms with Crippen LogP contribution in [-0.2, 0) is 0 Å². The number of benzene rings is 1. The second-order valence-electron chi connectivity index (χ2n) is 4.00. The monoisotopic (exact) mass is 270 g/mol. The Hall–Kier alpha value is -1.86. The normalized spacial score (nSPS) is 12.0. The van der Waals surface area contributed by atoms with Gasteiger partial charge in [-0.25, -0.2) is 0 Å². The minimum Gasteiger partial charge on any atom is -0.493 e. The minimum atomic E-state index is -0.535. The number of hydrogen-bond acceptors (Lipinski definition) is 6. The molecule has 0 amide bonds. The zero-order chi connectivity index (χ0) is 14.4. The van der Waals surface area contributed by atoms with E-state index in [9.17, 15) is 10.1 Å². The number of nitro benzene ring substituents is 1. The molecule has 0 saturated carbocycles. The molecule has 0 saturated heterocycles. The molecule has 1 aromatic carbocycles. The van der Waals surface area contributed by atoms with E-state index in [0.717, 1.165) is 0 Å². The Bertz CT molecular complexity index is 450. The highest BCUT2D eigenvalue weighted by Gasteiger charge is 2.23. The third-order valence-corrected chi connectivity index (χ3v) is 2.80. The van der Waals surface area contributed by atoms with Crippen LogP contribution in [-0.4, -0.2) is 30.9 Å². The zero-order valence-corrected chi connectivity index (χ0v) is 11.0. The topological polar surface area (TPSA) is 108 Å². The van der Waals surface area contributed by atoms with Crippen LogP contribution < -0.4 is 15.2 Å². The molecule has 7 nitrogen and oxygen atoms in total. The number of methoxy groups -OCH3 is 2. The number of aliphatic hydroxyl groups excluding tert-OH is 1. The van der Waals surface area contributed by atoms with Gasteiger partial charge < -0.3 is 20.3 Å². The lowest BCUT2D eigenvalue weighted by Crippen LogP contribution is -2.13. The molecule has 0 aliphatic heterocycles. The second-order valence-corrected chi connectivity index (χ2v) is 4.00. The Kier molecular flexibility index (Phi) is 5.53. The third-order valence-electron chi connectivity index (χ3n) is 2.80. The lowest BCUT2D eigenvalue weighted by atomic mass is 10.0. The van der Waals surface area contributed by atoms with Crippen LogP contribution in [0.5, 0.6) is 11.5 Å². The van der Waals surface area contributed by atoms with E-state index in [2.05, 4.69) is 0 Å². The van der Waals surface area contributed by atoms with Gasteiger partial charge in [0.25, 0.3) is 5.69 Å². The molecule has 1 aromatic rings. The van der Waals surface area contributed by atoms with Gasteiger partial charge in [0.2, 0.25) is 0 Å². The van der Waals surface area contributed by atoms with Gasteiger partial charge in [-0.2, -0.15) is 0 Å². The smallest absolute Gasteiger partial charge is 0.278 e. The molecule has 0 heterocycles. The molecule has 3 N–H and O–H groups in total. The van der Waals surface area contributed by atoms with Crippen molar-refractivity contribution in [3.05, 3.63) is 27.8 Å². The molecular formula is C12H18N2O5. The summed E-state index contributed by atoms with van der Waals surface area (Å²) < 4.78 is 10.1. The van der Waals surface area contributed by atoms with Crippen molar-refractivity contribution in [3.63, 3.8) is 0 Å². The fraction of sp³-hybridized carbons (Fsp3) is 0.500. The van der Waals surface area contributed by atoms with Gasteiger partial charge in [-0.1, -0.05) is 0 Å². The van der Waals surface area contributed by atoms with Crippen molar-refractivity contribution in [1.29, 1.82) is 0 Å². The van der Waals surface area contributed by atoms with Crippen LogP contribution in [0, 0.1) is 10.1 Å². The number of hydrogen-bond donors (Lipinski definition) is 2. The van der Waals surface area contributed by atoms with E-state index in [1.807, 2.05) is 0 Å². The van der Waals surface area contributed by atoms with Crippen LogP contribution in [0.1, 0.15) is 24.4 Å². The number of nitrogens with two attached hydrogens (primary N) is 1. The predicted octanol–water partition coefficient (Wildman–Crippen LogP) is 1.38. The Labute approximate surface area is 111 Å². The van der Waals surface area contributed by atoms with Crippen molar-refractivity contribution >= 4 is 5.69 Å². The van der Waals surface area contributed by atoms with Gasteiger partial charge in [0.1, 0.15) is 0 Å². The number of aliphatic hydroxyl groups is 1. The first-order chi connectivity index (χ1) is 9.04. The molecule has 0 spiro atoms. The van der Waals surface area contributed by atoms with E-state index in [0.29, 0.717) is 24.2 Å². The van der Waals surface area contributed by atoms with Crippen molar-refractivity contribution < 1.29 is 19.5 Å². The van der Waals surface area contributed by atoms with Crippen molar-refractivity contribution in [2.24, 2.45) is 5.73 Å². The van der Waals surface area contributed by atoms with Crippen LogP contribution in [0.4, 0.5) is 5.69 Å². The standard InChI is InChI=1S/C12H18N2O5/c1-18-11-6-8(9(13)4-3-5-15)10(14(16)17)7-12(11)19-2/h6-7,9,15H,3-5,13H2,1-2H3/t9-/m0/s1. The maximum absolute atomic E-state index is 11.1. The summed E-state index contributed by atoms with van der Waals surface area (Å²) >= 11 is 0. The Morgan fingerprint density at radius 2 is 1.95 bits per heavy atom. The maximum Gasteiger partial charge on any atom is 0.278 e. The van der Waals surface area contributed by atoms with Gasteiger partial charge in [-0.15, -0.1) is 0 Å². The minimum absolute atomic E-state index is 0.00517. The first kappa shape index (κ1) is 15.2. The summed E-state index contributed by atoms with van der Waals surface area (Å²) in [4.78, 5) is 10.6. The SMILES string of the molecule is COc1cc([C@@H](N)CCCO)c([N+](=O)[O-])cc1OC. The Morgan fingerprint density at radius 1 is 1.37 bits per heavy atom. The van der Waals surface area contributed by atoms with Crippen LogP contribution in [0.2, 0.25) is 0 Å². The number of nitro groups is 1. The Morgan fingerprint density at radius 3 is 2.42 bits per heavy atom. The second kappa shape index (κ2) is 6.91. The number of nitrogens with zero attached hydrogens (tertiary/aromatic N) is 1. The molecule has 0 fully saturated rings. The maximum atomic E-state index is 11.1. The van der Waals surface area contributed by atoms with Crippen LogP contribution in [0.3, 0.4) is 0 Å². The zero-order valence-electron chi connectivity index (χ0n) is 11.0. The van der Waals surface area contributed by atoms with Crippen LogP contribution in [0.15, 0.2) is 12.1 Å². The average molecular weight is 270 g/mol. The molecule has 0 aliphatic rings. The Balaban J connectivity index is 3.23. The van der Waals surface area contributed by atoms with Gasteiger partial charge in [0, 0.05) is 12.6 Å². The fourth-order valence-electron chi connectivity index (χ4n) is 1.81. The molecule has 106 valence electrons. The molecule has 0 aromatic heterocycles. The number of ether oxygens (including phenoxy) is 2. The van der Waals surface area contributed by atoms with Gasteiger partial charge in [-0.3, -0.25) is 10.1 Å². The molecule has 7 heteroatoms. The van der Waals surface area contributed by atoms with E-state index in [-0.39, 0.29) is 18.0 Å². The fourth-order valence-corrected chi connectivity index (χ4v) is 1.81. The summed E-state index contributed by atoms with van der Waals surface area (Å²) in [6.07, 6.45) is 0.930. The first-order valence-corrected chi connectivity index (χ1v) is 5.81.